The van der Waals surface area contributed by atoms with Crippen LogP contribution in [-0.2, 0) is 9.53 Å². The summed E-state index contributed by atoms with van der Waals surface area (Å²) in [6, 6.07) is 14.7. The maximum Gasteiger partial charge on any atom is 0.255 e. The Labute approximate surface area is 187 Å². The highest BCUT2D eigenvalue weighted by Crippen LogP contribution is 2.29. The maximum atomic E-state index is 12.7. The molecular formula is C24H29F2NO5. The van der Waals surface area contributed by atoms with Gasteiger partial charge in [-0.3, -0.25) is 4.79 Å². The molecular weight excluding hydrogens is 420 g/mol. The largest absolute Gasteiger partial charge is 0.490 e. The number of carbonyl (C=O) groups excluding carboxylic acids is 1. The van der Waals surface area contributed by atoms with Crippen molar-refractivity contribution in [3.8, 4) is 17.2 Å². The Bertz CT molecular complexity index is 846. The van der Waals surface area contributed by atoms with Gasteiger partial charge in [0.25, 0.3) is 6.43 Å². The fraction of sp³-hybridized carbons (Fsp3) is 0.375. The van der Waals surface area contributed by atoms with Gasteiger partial charge in [-0.25, -0.2) is 8.78 Å². The van der Waals surface area contributed by atoms with Gasteiger partial charge < -0.3 is 23.8 Å². The Balaban J connectivity index is 1.98. The molecule has 0 N–H and O–H groups in total. The number of ether oxygens (including phenoxy) is 4. The van der Waals surface area contributed by atoms with Crippen molar-refractivity contribution in [1.29, 1.82) is 0 Å². The van der Waals surface area contributed by atoms with Gasteiger partial charge in [-0.15, -0.1) is 0 Å². The average molecular weight is 449 g/mol. The molecule has 32 heavy (non-hydrogen) atoms. The van der Waals surface area contributed by atoms with Gasteiger partial charge in [0, 0.05) is 19.7 Å². The summed E-state index contributed by atoms with van der Waals surface area (Å²) in [4.78, 5) is 13.4. The van der Waals surface area contributed by atoms with Crippen molar-refractivity contribution in [2.75, 3.05) is 46.6 Å². The molecule has 6 nitrogen and oxygen atoms in total. The van der Waals surface area contributed by atoms with Crippen LogP contribution >= 0.6 is 0 Å². The average Bonchev–Trinajstić information content (AvgIpc) is 2.79. The summed E-state index contributed by atoms with van der Waals surface area (Å²) in [7, 11) is 1.45. The van der Waals surface area contributed by atoms with Gasteiger partial charge in [-0.2, -0.15) is 0 Å². The fourth-order valence-corrected chi connectivity index (χ4v) is 2.78. The predicted molar refractivity (Wildman–Crippen MR) is 119 cm³/mol. The van der Waals surface area contributed by atoms with Gasteiger partial charge in [-0.05, 0) is 42.8 Å². The lowest BCUT2D eigenvalue weighted by atomic mass is 10.2. The third-order valence-corrected chi connectivity index (χ3v) is 4.27. The van der Waals surface area contributed by atoms with Crippen LogP contribution in [0.1, 0.15) is 12.5 Å². The molecule has 0 unspecified atom stereocenters. The number of benzene rings is 2. The van der Waals surface area contributed by atoms with Crippen molar-refractivity contribution in [1.82, 2.24) is 4.90 Å². The molecule has 0 radical (unpaired) electrons. The first-order valence-electron chi connectivity index (χ1n) is 10.3. The summed E-state index contributed by atoms with van der Waals surface area (Å²) in [5.74, 6) is 1.31. The van der Waals surface area contributed by atoms with E-state index in [0.29, 0.717) is 36.9 Å². The Kier molecular flexibility index (Phi) is 11.0. The molecule has 174 valence electrons. The second-order valence-corrected chi connectivity index (χ2v) is 6.65. The third-order valence-electron chi connectivity index (χ3n) is 4.27. The summed E-state index contributed by atoms with van der Waals surface area (Å²) >= 11 is 0. The third kappa shape index (κ3) is 8.93. The molecule has 0 atom stereocenters. The molecule has 0 spiro atoms. The number of rotatable bonds is 14. The van der Waals surface area contributed by atoms with Crippen molar-refractivity contribution in [3.05, 3.63) is 60.2 Å². The quantitative estimate of drug-likeness (QED) is 0.318. The molecule has 2 aromatic carbocycles. The van der Waals surface area contributed by atoms with Gasteiger partial charge in [0.1, 0.15) is 19.0 Å². The molecule has 0 bridgehead atoms. The van der Waals surface area contributed by atoms with Crippen LogP contribution in [0.2, 0.25) is 0 Å². The van der Waals surface area contributed by atoms with Crippen LogP contribution in [-0.4, -0.2) is 63.9 Å². The van der Waals surface area contributed by atoms with Crippen molar-refractivity contribution in [2.45, 2.75) is 13.3 Å². The summed E-state index contributed by atoms with van der Waals surface area (Å²) in [5, 5.41) is 0. The van der Waals surface area contributed by atoms with E-state index in [-0.39, 0.29) is 13.2 Å². The number of methoxy groups -OCH3 is 1. The number of para-hydroxylation sites is 1. The van der Waals surface area contributed by atoms with Crippen LogP contribution in [0.3, 0.4) is 0 Å². The highest BCUT2D eigenvalue weighted by Gasteiger charge is 2.16. The standard InChI is InChI=1S/C24H29F2NO5/c1-3-30-22-17-19(10-12-24(28)27(13-14-29-2)18-23(25)26)9-11-21(22)32-16-15-31-20-7-5-4-6-8-20/h4-12,17,23H,3,13-16,18H2,1-2H3/b12-10+. The topological polar surface area (TPSA) is 57.2 Å². The van der Waals surface area contributed by atoms with Gasteiger partial charge in [0.05, 0.1) is 19.8 Å². The Morgan fingerprint density at radius 3 is 2.44 bits per heavy atom. The molecule has 8 heteroatoms. The number of halogens is 2. The molecule has 0 saturated carbocycles. The van der Waals surface area contributed by atoms with Crippen LogP contribution in [0.25, 0.3) is 6.08 Å². The van der Waals surface area contributed by atoms with E-state index in [1.165, 1.54) is 13.2 Å². The van der Waals surface area contributed by atoms with Crippen molar-refractivity contribution in [2.24, 2.45) is 0 Å². The zero-order valence-corrected chi connectivity index (χ0v) is 18.3. The van der Waals surface area contributed by atoms with Gasteiger partial charge >= 0.3 is 0 Å². The zero-order valence-electron chi connectivity index (χ0n) is 18.3. The van der Waals surface area contributed by atoms with E-state index in [4.69, 9.17) is 18.9 Å². The molecule has 2 aromatic rings. The minimum Gasteiger partial charge on any atom is -0.490 e. The minimum absolute atomic E-state index is 0.0893. The molecule has 2 rings (SSSR count). The normalized spacial score (nSPS) is 11.0. The molecule has 0 saturated heterocycles. The Hall–Kier alpha value is -3.13. The van der Waals surface area contributed by atoms with E-state index in [0.717, 1.165) is 10.6 Å². The number of carbonyl (C=O) groups is 1. The van der Waals surface area contributed by atoms with E-state index >= 15 is 0 Å². The molecule has 0 aromatic heterocycles. The zero-order chi connectivity index (χ0) is 23.2. The molecule has 0 aliphatic rings. The van der Waals surface area contributed by atoms with Crippen molar-refractivity contribution < 1.29 is 32.5 Å². The monoisotopic (exact) mass is 449 g/mol. The van der Waals surface area contributed by atoms with Crippen molar-refractivity contribution >= 4 is 12.0 Å². The Morgan fingerprint density at radius 2 is 1.75 bits per heavy atom. The second-order valence-electron chi connectivity index (χ2n) is 6.65. The van der Waals surface area contributed by atoms with Crippen LogP contribution in [0.4, 0.5) is 8.78 Å². The fourth-order valence-electron chi connectivity index (χ4n) is 2.78. The molecule has 0 fully saturated rings. The van der Waals surface area contributed by atoms with Gasteiger partial charge in [0.2, 0.25) is 5.91 Å². The first-order valence-corrected chi connectivity index (χ1v) is 10.3. The lowest BCUT2D eigenvalue weighted by Gasteiger charge is -2.20. The van der Waals surface area contributed by atoms with Crippen LogP contribution in [0, 0.1) is 0 Å². The lowest BCUT2D eigenvalue weighted by molar-refractivity contribution is -0.128. The summed E-state index contributed by atoms with van der Waals surface area (Å²) in [6.45, 7) is 2.60. The molecule has 0 heterocycles. The predicted octanol–water partition coefficient (Wildman–Crippen LogP) is 4.30. The minimum atomic E-state index is -2.61. The van der Waals surface area contributed by atoms with Crippen LogP contribution in [0.5, 0.6) is 17.2 Å². The number of hydrogen-bond donors (Lipinski definition) is 0. The molecule has 0 aliphatic carbocycles. The van der Waals surface area contributed by atoms with Crippen molar-refractivity contribution in [3.63, 3.8) is 0 Å². The molecule has 0 aliphatic heterocycles. The van der Waals surface area contributed by atoms with Gasteiger partial charge in [-0.1, -0.05) is 24.3 Å². The van der Waals surface area contributed by atoms with Gasteiger partial charge in [0.15, 0.2) is 11.5 Å². The van der Waals surface area contributed by atoms with Crippen LogP contribution in [0.15, 0.2) is 54.6 Å². The number of amides is 1. The van der Waals surface area contributed by atoms with Crippen LogP contribution < -0.4 is 14.2 Å². The summed E-state index contributed by atoms with van der Waals surface area (Å²) < 4.78 is 47.4. The number of nitrogens with zero attached hydrogens (tertiary/aromatic N) is 1. The maximum absolute atomic E-state index is 12.7. The first-order chi connectivity index (χ1) is 15.5. The van der Waals surface area contributed by atoms with E-state index in [2.05, 4.69) is 0 Å². The summed E-state index contributed by atoms with van der Waals surface area (Å²) in [6.07, 6.45) is 0.200. The van der Waals surface area contributed by atoms with E-state index < -0.39 is 18.9 Å². The molecule has 1 amide bonds. The first kappa shape index (κ1) is 25.1. The highest BCUT2D eigenvalue weighted by atomic mass is 19.3. The second kappa shape index (κ2) is 14.0. The number of hydrogen-bond acceptors (Lipinski definition) is 5. The van der Waals surface area contributed by atoms with E-state index in [1.54, 1.807) is 24.3 Å². The summed E-state index contributed by atoms with van der Waals surface area (Å²) in [5.41, 5.74) is 0.679. The van der Waals surface area contributed by atoms with E-state index in [1.807, 2.05) is 37.3 Å². The SMILES string of the molecule is CCOc1cc(/C=C/C(=O)N(CCOC)CC(F)F)ccc1OCCOc1ccccc1. The smallest absolute Gasteiger partial charge is 0.255 e. The number of alkyl halides is 2. The van der Waals surface area contributed by atoms with E-state index in [9.17, 15) is 13.6 Å². The Morgan fingerprint density at radius 1 is 1.00 bits per heavy atom. The lowest BCUT2D eigenvalue weighted by Crippen LogP contribution is -2.36. The highest BCUT2D eigenvalue weighted by molar-refractivity contribution is 5.91.